The van der Waals surface area contributed by atoms with E-state index < -0.39 is 42.4 Å². The highest BCUT2D eigenvalue weighted by molar-refractivity contribution is 5.77. The van der Waals surface area contributed by atoms with Crippen molar-refractivity contribution in [2.24, 2.45) is 7.05 Å². The maximum absolute atomic E-state index is 11.9. The van der Waals surface area contributed by atoms with Crippen LogP contribution in [0.25, 0.3) is 11.2 Å². The Morgan fingerprint density at radius 3 is 2.38 bits per heavy atom. The Bertz CT molecular complexity index is 1470. The van der Waals surface area contributed by atoms with Crippen molar-refractivity contribution in [3.05, 3.63) is 36.6 Å². The van der Waals surface area contributed by atoms with Gasteiger partial charge in [0.1, 0.15) is 35.9 Å². The topological polar surface area (TPSA) is 150 Å². The number of fused-ring (bicyclic) bond motifs is 1. The van der Waals surface area contributed by atoms with Crippen molar-refractivity contribution in [1.82, 2.24) is 29.1 Å². The van der Waals surface area contributed by atoms with Crippen LogP contribution in [0.1, 0.15) is 38.4 Å². The van der Waals surface area contributed by atoms with Crippen molar-refractivity contribution >= 4 is 29.1 Å². The van der Waals surface area contributed by atoms with Gasteiger partial charge in [0.2, 0.25) is 0 Å². The minimum Gasteiger partial charge on any atom is -0.463 e. The van der Waals surface area contributed by atoms with Crippen LogP contribution >= 0.6 is 0 Å². The van der Waals surface area contributed by atoms with E-state index in [-0.39, 0.29) is 6.61 Å². The van der Waals surface area contributed by atoms with Crippen molar-refractivity contribution in [2.45, 2.75) is 45.3 Å². The molecule has 4 atom stereocenters. The zero-order valence-electron chi connectivity index (χ0n) is 20.4. The Balaban J connectivity index is 1.68. The molecule has 0 saturated carbocycles. The fourth-order valence-corrected chi connectivity index (χ4v) is 3.71. The van der Waals surface area contributed by atoms with Crippen LogP contribution in [-0.2, 0) is 40.4 Å². The van der Waals surface area contributed by atoms with Gasteiger partial charge in [0.25, 0.3) is 0 Å². The number of ether oxygens (including phenoxy) is 4. The molecular weight excluding hydrogens is 484 g/mol. The van der Waals surface area contributed by atoms with Crippen LogP contribution in [-0.4, -0.2) is 71.9 Å². The van der Waals surface area contributed by atoms with Gasteiger partial charge in [-0.3, -0.25) is 19.0 Å². The van der Waals surface area contributed by atoms with Gasteiger partial charge in [-0.05, 0) is 23.7 Å². The second-order valence-corrected chi connectivity index (χ2v) is 7.95. The number of hydrogen-bond donors (Lipinski definition) is 0. The van der Waals surface area contributed by atoms with Gasteiger partial charge in [0.05, 0.1) is 18.9 Å². The monoisotopic (exact) mass is 506 g/mol. The quantitative estimate of drug-likeness (QED) is 0.267. The van der Waals surface area contributed by atoms with Crippen molar-refractivity contribution in [3.63, 3.8) is 0 Å². The number of aromatic nitrogens is 6. The lowest BCUT2D eigenvalue weighted by molar-refractivity contribution is -0.166. The summed E-state index contributed by atoms with van der Waals surface area (Å²) in [6.07, 6.45) is 1.94. The van der Waals surface area contributed by atoms with E-state index in [0.717, 1.165) is 0 Å². The van der Waals surface area contributed by atoms with Crippen molar-refractivity contribution in [1.29, 1.82) is 0 Å². The molecule has 0 amide bonds. The maximum Gasteiger partial charge on any atom is 0.303 e. The lowest BCUT2D eigenvalue weighted by Gasteiger charge is -2.23. The number of carbonyl (C=O) groups is 3. The van der Waals surface area contributed by atoms with Crippen LogP contribution < -0.4 is 0 Å². The summed E-state index contributed by atoms with van der Waals surface area (Å²) in [6.45, 7) is 3.44. The highest BCUT2D eigenvalue weighted by Crippen LogP contribution is 2.36. The van der Waals surface area contributed by atoms with E-state index in [0.29, 0.717) is 22.6 Å². The average molecular weight is 506 g/mol. The average Bonchev–Trinajstić information content (AvgIpc) is 3.53. The molecular formula is C24H22N6O7. The summed E-state index contributed by atoms with van der Waals surface area (Å²) in [5.74, 6) is 9.44. The van der Waals surface area contributed by atoms with Gasteiger partial charge in [-0.15, -0.1) is 0 Å². The highest BCUT2D eigenvalue weighted by atomic mass is 16.7. The fourth-order valence-electron chi connectivity index (χ4n) is 3.71. The first-order chi connectivity index (χ1) is 17.7. The normalized spacial score (nSPS) is 20.3. The second-order valence-electron chi connectivity index (χ2n) is 7.95. The molecule has 0 unspecified atom stereocenters. The van der Waals surface area contributed by atoms with E-state index in [1.165, 1.54) is 38.0 Å². The van der Waals surface area contributed by atoms with Gasteiger partial charge in [0.15, 0.2) is 24.1 Å². The van der Waals surface area contributed by atoms with Crippen LogP contribution in [0.4, 0.5) is 0 Å². The fraction of sp³-hybridized carbons (Fsp3) is 0.375. The Hall–Kier alpha value is -4.75. The van der Waals surface area contributed by atoms with E-state index in [4.69, 9.17) is 18.9 Å². The van der Waals surface area contributed by atoms with Gasteiger partial charge in [-0.2, -0.15) is 0 Å². The first-order valence-corrected chi connectivity index (χ1v) is 11.0. The van der Waals surface area contributed by atoms with Crippen LogP contribution in [0.5, 0.6) is 0 Å². The summed E-state index contributed by atoms with van der Waals surface area (Å²) >= 11 is 0. The number of rotatable bonds is 5. The molecule has 1 fully saturated rings. The van der Waals surface area contributed by atoms with E-state index >= 15 is 0 Å². The SMILES string of the molecule is CC(=O)OC[C@H]1O[C@@H](n2cnc3c(C#CC#Cc4cncn4C)ncnc32)[C@H](OC(C)=O)[C@@H]1OC(C)=O. The highest BCUT2D eigenvalue weighted by Gasteiger charge is 2.51. The molecule has 0 N–H and O–H groups in total. The molecule has 13 heteroatoms. The van der Waals surface area contributed by atoms with Gasteiger partial charge in [-0.25, -0.2) is 19.9 Å². The Labute approximate surface area is 211 Å². The number of esters is 3. The predicted molar refractivity (Wildman–Crippen MR) is 124 cm³/mol. The summed E-state index contributed by atoms with van der Waals surface area (Å²) in [5.41, 5.74) is 1.70. The Morgan fingerprint density at radius 1 is 0.973 bits per heavy atom. The number of carbonyl (C=O) groups excluding carboxylic acids is 3. The smallest absolute Gasteiger partial charge is 0.303 e. The summed E-state index contributed by atoms with van der Waals surface area (Å²) in [4.78, 5) is 51.9. The lowest BCUT2D eigenvalue weighted by atomic mass is 10.1. The molecule has 4 heterocycles. The summed E-state index contributed by atoms with van der Waals surface area (Å²) in [6, 6.07) is 0. The number of aryl methyl sites for hydroxylation is 1. The Morgan fingerprint density at radius 2 is 1.70 bits per heavy atom. The zero-order chi connectivity index (χ0) is 26.5. The second kappa shape index (κ2) is 10.9. The van der Waals surface area contributed by atoms with E-state index in [2.05, 4.69) is 43.6 Å². The van der Waals surface area contributed by atoms with Gasteiger partial charge in [0, 0.05) is 27.8 Å². The summed E-state index contributed by atoms with van der Waals surface area (Å²) in [5, 5.41) is 0. The third kappa shape index (κ3) is 5.74. The third-order valence-electron chi connectivity index (χ3n) is 5.22. The third-order valence-corrected chi connectivity index (χ3v) is 5.22. The standard InChI is InChI=1S/C24H22N6O7/c1-14(31)34-10-19-21(35-15(2)32)22(36-16(3)33)24(37-19)30-13-28-20-18(26-11-27-23(20)30)8-6-5-7-17-9-25-12-29(17)4/h9,11-13,19,21-22,24H,10H2,1-4H3/t19-,21-,22-,24-/m1/s1. The lowest BCUT2D eigenvalue weighted by Crippen LogP contribution is -2.40. The number of imidazole rings is 2. The summed E-state index contributed by atoms with van der Waals surface area (Å²) < 4.78 is 25.3. The first kappa shape index (κ1) is 25.3. The molecule has 3 aromatic heterocycles. The minimum absolute atomic E-state index is 0.227. The molecule has 0 radical (unpaired) electrons. The molecule has 1 aliphatic heterocycles. The largest absolute Gasteiger partial charge is 0.463 e. The van der Waals surface area contributed by atoms with Crippen LogP contribution in [0, 0.1) is 23.7 Å². The molecule has 4 rings (SSSR count). The van der Waals surface area contributed by atoms with Gasteiger partial charge in [-0.1, -0.05) is 0 Å². The Kier molecular flexibility index (Phi) is 7.46. The number of nitrogens with zero attached hydrogens (tertiary/aromatic N) is 6. The van der Waals surface area contributed by atoms with E-state index in [1.54, 1.807) is 17.1 Å². The first-order valence-electron chi connectivity index (χ1n) is 11.0. The van der Waals surface area contributed by atoms with Crippen molar-refractivity contribution in [2.75, 3.05) is 6.61 Å². The summed E-state index contributed by atoms with van der Waals surface area (Å²) in [7, 11) is 1.82. The molecule has 37 heavy (non-hydrogen) atoms. The molecule has 13 nitrogen and oxygen atoms in total. The number of hydrogen-bond acceptors (Lipinski definition) is 11. The van der Waals surface area contributed by atoms with Crippen molar-refractivity contribution < 1.29 is 33.3 Å². The zero-order valence-corrected chi connectivity index (χ0v) is 20.4. The maximum atomic E-state index is 11.9. The van der Waals surface area contributed by atoms with E-state index in [1.807, 2.05) is 7.05 Å². The molecule has 1 aliphatic rings. The molecule has 0 bridgehead atoms. The molecule has 0 aromatic carbocycles. The molecule has 0 spiro atoms. The molecule has 3 aromatic rings. The minimum atomic E-state index is -1.08. The molecule has 0 aliphatic carbocycles. The van der Waals surface area contributed by atoms with Crippen LogP contribution in [0.3, 0.4) is 0 Å². The molecule has 190 valence electrons. The van der Waals surface area contributed by atoms with E-state index in [9.17, 15) is 14.4 Å². The van der Waals surface area contributed by atoms with Crippen molar-refractivity contribution in [3.8, 4) is 23.7 Å². The van der Waals surface area contributed by atoms with Gasteiger partial charge >= 0.3 is 17.9 Å². The predicted octanol–water partition coefficient (Wildman–Crippen LogP) is 0.287. The molecule has 1 saturated heterocycles. The van der Waals surface area contributed by atoms with Crippen LogP contribution in [0.15, 0.2) is 25.2 Å². The van der Waals surface area contributed by atoms with Gasteiger partial charge < -0.3 is 23.5 Å². The van der Waals surface area contributed by atoms with Crippen LogP contribution in [0.2, 0.25) is 0 Å².